The molecule has 186 valence electrons. The molecule has 7 nitrogen and oxygen atoms in total. The van der Waals surface area contributed by atoms with Crippen molar-refractivity contribution in [2.24, 2.45) is 0 Å². The summed E-state index contributed by atoms with van der Waals surface area (Å²) in [5.74, 6) is -2.69. The molecule has 0 saturated heterocycles. The number of alkyl halides is 3. The molecule has 0 bridgehead atoms. The van der Waals surface area contributed by atoms with E-state index in [0.717, 1.165) is 12.1 Å². The van der Waals surface area contributed by atoms with Gasteiger partial charge in [0.05, 0.1) is 18.7 Å². The Balaban J connectivity index is 2.47. The van der Waals surface area contributed by atoms with Crippen molar-refractivity contribution >= 4 is 35.0 Å². The van der Waals surface area contributed by atoms with Crippen molar-refractivity contribution in [3.05, 3.63) is 58.4 Å². The van der Waals surface area contributed by atoms with Gasteiger partial charge in [-0.05, 0) is 36.8 Å². The number of halogens is 5. The molecule has 0 aliphatic heterocycles. The average Bonchev–Trinajstić information content (AvgIpc) is 2.73. The highest BCUT2D eigenvalue weighted by Crippen LogP contribution is 2.40. The van der Waals surface area contributed by atoms with E-state index < -0.39 is 41.6 Å². The monoisotopic (exact) mass is 506 g/mol. The second-order valence-corrected chi connectivity index (χ2v) is 7.61. The van der Waals surface area contributed by atoms with Crippen LogP contribution in [0, 0.1) is 5.82 Å². The smallest absolute Gasteiger partial charge is 0.418 e. The highest BCUT2D eigenvalue weighted by molar-refractivity contribution is 6.30. The second kappa shape index (κ2) is 12.0. The van der Waals surface area contributed by atoms with Gasteiger partial charge in [0.25, 0.3) is 0 Å². The average molecular weight is 507 g/mol. The van der Waals surface area contributed by atoms with E-state index in [-0.39, 0.29) is 36.0 Å². The summed E-state index contributed by atoms with van der Waals surface area (Å²) >= 11 is 5.68. The number of nitrogens with one attached hydrogen (secondary N) is 2. The number of hydrogen-bond acceptors (Lipinski definition) is 4. The zero-order chi connectivity index (χ0) is 25.5. The van der Waals surface area contributed by atoms with Gasteiger partial charge in [-0.25, -0.2) is 9.18 Å². The Labute approximate surface area is 198 Å². The van der Waals surface area contributed by atoms with Gasteiger partial charge in [-0.2, -0.15) is 13.2 Å². The molecule has 0 aliphatic rings. The number of carboxylic acid groups (broad SMARTS) is 1. The van der Waals surface area contributed by atoms with Gasteiger partial charge >= 0.3 is 18.2 Å². The first-order valence-corrected chi connectivity index (χ1v) is 10.4. The number of methoxy groups -OCH3 is 1. The fraction of sp³-hybridized carbons (Fsp3) is 0.364. The van der Waals surface area contributed by atoms with E-state index in [1.807, 2.05) is 0 Å². The van der Waals surface area contributed by atoms with Crippen LogP contribution in [0.2, 0.25) is 5.02 Å². The van der Waals surface area contributed by atoms with E-state index in [9.17, 15) is 27.2 Å². The molecule has 0 saturated carbocycles. The molecule has 2 rings (SSSR count). The molecule has 0 fully saturated rings. The molecule has 12 heteroatoms. The van der Waals surface area contributed by atoms with Gasteiger partial charge in [-0.15, -0.1) is 0 Å². The summed E-state index contributed by atoms with van der Waals surface area (Å²) in [5.41, 5.74) is -0.624. The number of hydrogen-bond donors (Lipinski definition) is 3. The van der Waals surface area contributed by atoms with Crippen molar-refractivity contribution in [3.63, 3.8) is 0 Å². The lowest BCUT2D eigenvalue weighted by atomic mass is 9.93. The Morgan fingerprint density at radius 3 is 2.35 bits per heavy atom. The summed E-state index contributed by atoms with van der Waals surface area (Å²) in [6.45, 7) is 1.10. The van der Waals surface area contributed by atoms with E-state index >= 15 is 0 Å². The summed E-state index contributed by atoms with van der Waals surface area (Å²) in [4.78, 5) is 23.7. The lowest BCUT2D eigenvalue weighted by Crippen LogP contribution is -2.27. The number of carbonyl (C=O) groups is 2. The molecule has 2 aromatic rings. The summed E-state index contributed by atoms with van der Waals surface area (Å²) < 4.78 is 65.0. The molecule has 0 radical (unpaired) electrons. The largest absolute Gasteiger partial charge is 0.481 e. The molecule has 2 amide bonds. The number of urea groups is 1. The van der Waals surface area contributed by atoms with Gasteiger partial charge in [-0.1, -0.05) is 23.7 Å². The van der Waals surface area contributed by atoms with Gasteiger partial charge in [0.1, 0.15) is 5.82 Å². The van der Waals surface area contributed by atoms with Crippen LogP contribution in [0.4, 0.5) is 33.7 Å². The highest BCUT2D eigenvalue weighted by Gasteiger charge is 2.43. The first kappa shape index (κ1) is 27.4. The van der Waals surface area contributed by atoms with E-state index in [4.69, 9.17) is 26.2 Å². The molecular formula is C22H23ClF4N2O5. The number of rotatable bonds is 10. The summed E-state index contributed by atoms with van der Waals surface area (Å²) in [6, 6.07) is 6.08. The molecule has 2 atom stereocenters. The third-order valence-electron chi connectivity index (χ3n) is 4.68. The Morgan fingerprint density at radius 1 is 1.12 bits per heavy atom. The minimum Gasteiger partial charge on any atom is -0.481 e. The summed E-state index contributed by atoms with van der Waals surface area (Å²) in [6.07, 6.45) is -7.53. The van der Waals surface area contributed by atoms with Crippen LogP contribution < -0.4 is 10.6 Å². The summed E-state index contributed by atoms with van der Waals surface area (Å²) in [5, 5.41) is 13.7. The second-order valence-electron chi connectivity index (χ2n) is 7.18. The molecule has 34 heavy (non-hydrogen) atoms. The van der Waals surface area contributed by atoms with Gasteiger partial charge < -0.3 is 25.2 Å². The maximum Gasteiger partial charge on any atom is 0.418 e. The van der Waals surface area contributed by atoms with Crippen LogP contribution in [0.1, 0.15) is 36.5 Å². The molecule has 0 spiro atoms. The molecule has 2 aromatic carbocycles. The molecule has 0 heterocycles. The molecule has 0 aliphatic carbocycles. The molecule has 0 aromatic heterocycles. The topological polar surface area (TPSA) is 96.9 Å². The normalized spacial score (nSPS) is 13.3. The number of aliphatic carboxylic acids is 1. The maximum atomic E-state index is 14.0. The predicted octanol–water partition coefficient (Wildman–Crippen LogP) is 5.97. The van der Waals surface area contributed by atoms with Crippen LogP contribution in [0.25, 0.3) is 0 Å². The third kappa shape index (κ3) is 7.57. The Hall–Kier alpha value is -2.89. The van der Waals surface area contributed by atoms with Crippen molar-refractivity contribution in [2.45, 2.75) is 31.5 Å². The maximum absolute atomic E-state index is 14.0. The fourth-order valence-electron chi connectivity index (χ4n) is 3.24. The van der Waals surface area contributed by atoms with Gasteiger partial charge in [0, 0.05) is 35.9 Å². The van der Waals surface area contributed by atoms with Crippen molar-refractivity contribution in [3.8, 4) is 0 Å². The Morgan fingerprint density at radius 2 is 1.79 bits per heavy atom. The lowest BCUT2D eigenvalue weighted by molar-refractivity contribution is -0.222. The first-order chi connectivity index (χ1) is 16.0. The van der Waals surface area contributed by atoms with Crippen LogP contribution in [-0.2, 0) is 14.3 Å². The minimum absolute atomic E-state index is 0.0264. The van der Waals surface area contributed by atoms with Gasteiger partial charge in [0.15, 0.2) is 6.10 Å². The standard InChI is InChI=1S/C22H23ClF4N2O5/c1-3-34-20(22(25,26)27)15-6-4-12(13(11-33-2)9-19(30)31)8-18(15)29-21(32)28-17-7-5-14(23)10-16(17)24/h4-8,10,13,20H,3,9,11H2,1-2H3,(H,30,31)(H2,28,29,32)/t13-,20+/m0/s1. The number of ether oxygens (including phenoxy) is 2. The van der Waals surface area contributed by atoms with E-state index in [2.05, 4.69) is 10.6 Å². The van der Waals surface area contributed by atoms with Crippen LogP contribution in [-0.4, -0.2) is 43.6 Å². The number of amides is 2. The van der Waals surface area contributed by atoms with Crippen molar-refractivity contribution in [2.75, 3.05) is 31.0 Å². The summed E-state index contributed by atoms with van der Waals surface area (Å²) in [7, 11) is 1.35. The SMILES string of the molecule is CCO[C@H](c1ccc([C@H](COC)CC(=O)O)cc1NC(=O)Nc1ccc(Cl)cc1F)C(F)(F)F. The molecule has 3 N–H and O–H groups in total. The van der Waals surface area contributed by atoms with E-state index in [1.165, 1.54) is 38.3 Å². The number of benzene rings is 2. The van der Waals surface area contributed by atoms with E-state index in [0.29, 0.717) is 5.56 Å². The van der Waals surface area contributed by atoms with Gasteiger partial charge in [-0.3, -0.25) is 4.79 Å². The minimum atomic E-state index is -4.81. The van der Waals surface area contributed by atoms with Crippen molar-refractivity contribution in [1.82, 2.24) is 0 Å². The van der Waals surface area contributed by atoms with Crippen LogP contribution >= 0.6 is 11.6 Å². The van der Waals surface area contributed by atoms with Gasteiger partial charge in [0.2, 0.25) is 0 Å². The quantitative estimate of drug-likeness (QED) is 0.345. The highest BCUT2D eigenvalue weighted by atomic mass is 35.5. The lowest BCUT2D eigenvalue weighted by Gasteiger charge is -2.25. The van der Waals surface area contributed by atoms with Crippen LogP contribution in [0.5, 0.6) is 0 Å². The van der Waals surface area contributed by atoms with Crippen LogP contribution in [0.3, 0.4) is 0 Å². The number of anilines is 2. The predicted molar refractivity (Wildman–Crippen MR) is 118 cm³/mol. The number of carboxylic acids is 1. The van der Waals surface area contributed by atoms with Crippen molar-refractivity contribution in [1.29, 1.82) is 0 Å². The molecular weight excluding hydrogens is 484 g/mol. The van der Waals surface area contributed by atoms with Crippen LogP contribution in [0.15, 0.2) is 36.4 Å². The Bertz CT molecular complexity index is 1020. The first-order valence-electron chi connectivity index (χ1n) is 10.0. The zero-order valence-corrected chi connectivity index (χ0v) is 19.0. The Kier molecular flexibility index (Phi) is 9.66. The third-order valence-corrected chi connectivity index (χ3v) is 4.91. The van der Waals surface area contributed by atoms with Crippen molar-refractivity contribution < 1.29 is 41.7 Å². The van der Waals surface area contributed by atoms with E-state index in [1.54, 1.807) is 0 Å². The zero-order valence-electron chi connectivity index (χ0n) is 18.2. The number of carbonyl (C=O) groups excluding carboxylic acids is 1. The fourth-order valence-corrected chi connectivity index (χ4v) is 3.40. The molecule has 0 unspecified atom stereocenters.